The van der Waals surface area contributed by atoms with E-state index in [1.165, 1.54) is 37.6 Å². The van der Waals surface area contributed by atoms with Crippen LogP contribution in [0.1, 0.15) is 21.1 Å². The van der Waals surface area contributed by atoms with E-state index in [4.69, 9.17) is 4.52 Å². The van der Waals surface area contributed by atoms with Crippen molar-refractivity contribution in [3.63, 3.8) is 0 Å². The summed E-state index contributed by atoms with van der Waals surface area (Å²) in [4.78, 5) is 22.2. The molecule has 0 bridgehead atoms. The van der Waals surface area contributed by atoms with E-state index in [0.29, 0.717) is 10.6 Å². The van der Waals surface area contributed by atoms with Gasteiger partial charge in [-0.2, -0.15) is 0 Å². The molecule has 2 heterocycles. The Morgan fingerprint density at radius 3 is 3.05 bits per heavy atom. The normalized spacial score (nSPS) is 10.8. The molecular weight excluding hydrogens is 298 g/mol. The van der Waals surface area contributed by atoms with Crippen LogP contribution < -0.4 is 5.32 Å². The Labute approximate surface area is 123 Å². The molecule has 2 aromatic heterocycles. The Morgan fingerprint density at radius 2 is 2.38 bits per heavy atom. The molecule has 9 heteroatoms. The maximum absolute atomic E-state index is 11.5. The number of nitrogens with zero attached hydrogens (tertiary/aromatic N) is 2. The molecule has 0 radical (unpaired) electrons. The highest BCUT2D eigenvalue weighted by Gasteiger charge is 2.22. The van der Waals surface area contributed by atoms with Crippen molar-refractivity contribution in [3.8, 4) is 0 Å². The molecular formula is C12H11N3O5S. The summed E-state index contributed by atoms with van der Waals surface area (Å²) in [5, 5.41) is 19.0. The van der Waals surface area contributed by atoms with E-state index in [9.17, 15) is 14.9 Å². The summed E-state index contributed by atoms with van der Waals surface area (Å²) in [6.07, 6.45) is 2.80. The van der Waals surface area contributed by atoms with E-state index < -0.39 is 10.9 Å². The van der Waals surface area contributed by atoms with E-state index in [2.05, 4.69) is 15.2 Å². The first-order valence-corrected chi connectivity index (χ1v) is 6.62. The second-order valence-electron chi connectivity index (χ2n) is 3.87. The molecule has 8 nitrogen and oxygen atoms in total. The number of rotatable bonds is 5. The fraction of sp³-hybridized carbons (Fsp3) is 0.167. The van der Waals surface area contributed by atoms with Crippen molar-refractivity contribution >= 4 is 34.8 Å². The second kappa shape index (κ2) is 6.18. The summed E-state index contributed by atoms with van der Waals surface area (Å²) in [7, 11) is 1.29. The number of hydrogen-bond acceptors (Lipinski definition) is 8. The van der Waals surface area contributed by atoms with Crippen LogP contribution in [0.2, 0.25) is 0 Å². The van der Waals surface area contributed by atoms with Crippen LogP contribution >= 0.6 is 11.3 Å². The predicted octanol–water partition coefficient (Wildman–Crippen LogP) is 2.82. The van der Waals surface area contributed by atoms with Crippen molar-refractivity contribution < 1.29 is 19.0 Å². The molecule has 0 aliphatic carbocycles. The molecule has 21 heavy (non-hydrogen) atoms. The number of aromatic nitrogens is 1. The molecule has 0 fully saturated rings. The molecule has 0 aliphatic heterocycles. The van der Waals surface area contributed by atoms with Crippen LogP contribution in [0.25, 0.3) is 6.08 Å². The van der Waals surface area contributed by atoms with Crippen molar-refractivity contribution in [3.05, 3.63) is 44.1 Å². The first-order valence-electron chi connectivity index (χ1n) is 5.74. The van der Waals surface area contributed by atoms with E-state index in [1.807, 2.05) is 0 Å². The van der Waals surface area contributed by atoms with Gasteiger partial charge in [0.05, 0.1) is 17.7 Å². The van der Waals surface area contributed by atoms with E-state index in [-0.39, 0.29) is 17.1 Å². The average Bonchev–Trinajstić information content (AvgIpc) is 3.05. The SMILES string of the molecule is COC(=O)c1sccc1NC=Cc1onc(C)c1[N+](=O)[O-]. The van der Waals surface area contributed by atoms with Gasteiger partial charge in [-0.3, -0.25) is 10.1 Å². The fourth-order valence-electron chi connectivity index (χ4n) is 1.59. The lowest BCUT2D eigenvalue weighted by Crippen LogP contribution is -2.01. The number of carbonyl (C=O) groups excluding carboxylic acids is 1. The lowest BCUT2D eigenvalue weighted by molar-refractivity contribution is -0.386. The van der Waals surface area contributed by atoms with Gasteiger partial charge in [0, 0.05) is 12.3 Å². The van der Waals surface area contributed by atoms with Gasteiger partial charge in [-0.1, -0.05) is 5.16 Å². The maximum atomic E-state index is 11.5. The highest BCUT2D eigenvalue weighted by Crippen LogP contribution is 2.25. The van der Waals surface area contributed by atoms with Crippen LogP contribution in [0.3, 0.4) is 0 Å². The largest absolute Gasteiger partial charge is 0.465 e. The van der Waals surface area contributed by atoms with E-state index >= 15 is 0 Å². The molecule has 0 saturated heterocycles. The molecule has 0 aliphatic rings. The number of ether oxygens (including phenoxy) is 1. The predicted molar refractivity (Wildman–Crippen MR) is 76.2 cm³/mol. The Bertz CT molecular complexity index is 704. The standard InChI is InChI=1S/C12H11N3O5S/c1-7-10(15(17)18)9(20-14-7)3-5-13-8-4-6-21-11(8)12(16)19-2/h3-6,13H,1-2H3. The summed E-state index contributed by atoms with van der Waals surface area (Å²) < 4.78 is 9.51. The number of esters is 1. The van der Waals surface area contributed by atoms with Crippen LogP contribution in [0.15, 0.2) is 22.2 Å². The van der Waals surface area contributed by atoms with Gasteiger partial charge in [-0.05, 0) is 18.4 Å². The molecule has 0 unspecified atom stereocenters. The number of aryl methyl sites for hydroxylation is 1. The second-order valence-corrected chi connectivity index (χ2v) is 4.79. The van der Waals surface area contributed by atoms with Crippen LogP contribution in [-0.4, -0.2) is 23.2 Å². The Kier molecular flexibility index (Phi) is 4.33. The Hall–Kier alpha value is -2.68. The summed E-state index contributed by atoms with van der Waals surface area (Å²) in [6.45, 7) is 1.49. The monoisotopic (exact) mass is 309 g/mol. The summed E-state index contributed by atoms with van der Waals surface area (Å²) in [5.74, 6) is -0.428. The average molecular weight is 309 g/mol. The quantitative estimate of drug-likeness (QED) is 0.514. The van der Waals surface area contributed by atoms with Crippen LogP contribution in [-0.2, 0) is 4.74 Å². The molecule has 2 aromatic rings. The van der Waals surface area contributed by atoms with Gasteiger partial charge in [0.25, 0.3) is 0 Å². The van der Waals surface area contributed by atoms with E-state index in [0.717, 1.165) is 0 Å². The fourth-order valence-corrected chi connectivity index (χ4v) is 2.37. The van der Waals surface area contributed by atoms with Crippen LogP contribution in [0, 0.1) is 17.0 Å². The zero-order valence-corrected chi connectivity index (χ0v) is 12.0. The zero-order chi connectivity index (χ0) is 15.4. The molecule has 0 spiro atoms. The summed E-state index contributed by atoms with van der Waals surface area (Å²) in [6, 6.07) is 1.70. The van der Waals surface area contributed by atoms with Crippen molar-refractivity contribution in [2.75, 3.05) is 12.4 Å². The smallest absolute Gasteiger partial charge is 0.350 e. The molecule has 0 aromatic carbocycles. The van der Waals surface area contributed by atoms with Crippen molar-refractivity contribution in [2.45, 2.75) is 6.92 Å². The van der Waals surface area contributed by atoms with E-state index in [1.54, 1.807) is 11.4 Å². The lowest BCUT2D eigenvalue weighted by Gasteiger charge is -2.00. The number of nitro groups is 1. The van der Waals surface area contributed by atoms with Gasteiger partial charge in [0.15, 0.2) is 5.69 Å². The van der Waals surface area contributed by atoms with Crippen molar-refractivity contribution in [1.29, 1.82) is 0 Å². The number of hydrogen-bond donors (Lipinski definition) is 1. The minimum atomic E-state index is -0.560. The topological polar surface area (TPSA) is 108 Å². The minimum Gasteiger partial charge on any atom is -0.465 e. The molecule has 0 amide bonds. The third-order valence-corrected chi connectivity index (χ3v) is 3.44. The first-order chi connectivity index (χ1) is 10.0. The van der Waals surface area contributed by atoms with Gasteiger partial charge in [0.1, 0.15) is 4.88 Å². The minimum absolute atomic E-state index is 0.0276. The van der Waals surface area contributed by atoms with Gasteiger partial charge in [-0.25, -0.2) is 4.79 Å². The number of methoxy groups -OCH3 is 1. The highest BCUT2D eigenvalue weighted by atomic mass is 32.1. The lowest BCUT2D eigenvalue weighted by atomic mass is 10.3. The molecule has 1 N–H and O–H groups in total. The number of carbonyl (C=O) groups is 1. The molecule has 0 atom stereocenters. The van der Waals surface area contributed by atoms with Crippen molar-refractivity contribution in [1.82, 2.24) is 5.16 Å². The Morgan fingerprint density at radius 1 is 1.62 bits per heavy atom. The zero-order valence-electron chi connectivity index (χ0n) is 11.2. The van der Waals surface area contributed by atoms with Gasteiger partial charge in [0.2, 0.25) is 5.76 Å². The molecule has 2 rings (SSSR count). The molecule has 0 saturated carbocycles. The summed E-state index contributed by atoms with van der Waals surface area (Å²) in [5.41, 5.74) is 0.555. The third-order valence-electron chi connectivity index (χ3n) is 2.55. The van der Waals surface area contributed by atoms with Crippen LogP contribution in [0.5, 0.6) is 0 Å². The third kappa shape index (κ3) is 3.08. The molecule has 110 valence electrons. The number of nitrogens with one attached hydrogen (secondary N) is 1. The first kappa shape index (κ1) is 14.7. The van der Waals surface area contributed by atoms with Crippen LogP contribution in [0.4, 0.5) is 11.4 Å². The van der Waals surface area contributed by atoms with Gasteiger partial charge >= 0.3 is 11.7 Å². The number of thiophene rings is 1. The summed E-state index contributed by atoms with van der Waals surface area (Å²) >= 11 is 1.23. The number of anilines is 1. The highest BCUT2D eigenvalue weighted by molar-refractivity contribution is 7.12. The maximum Gasteiger partial charge on any atom is 0.350 e. The van der Waals surface area contributed by atoms with Crippen molar-refractivity contribution in [2.24, 2.45) is 0 Å². The van der Waals surface area contributed by atoms with Gasteiger partial charge in [-0.15, -0.1) is 11.3 Å². The van der Waals surface area contributed by atoms with Gasteiger partial charge < -0.3 is 14.6 Å². The Balaban J connectivity index is 2.16.